The van der Waals surface area contributed by atoms with E-state index < -0.39 is 0 Å². The molecule has 2 rings (SSSR count). The van der Waals surface area contributed by atoms with E-state index in [1.807, 2.05) is 30.9 Å². The van der Waals surface area contributed by atoms with Crippen LogP contribution in [0.5, 0.6) is 0 Å². The fraction of sp³-hybridized carbons (Fsp3) is 0.375. The molecule has 0 aliphatic rings. The summed E-state index contributed by atoms with van der Waals surface area (Å²) in [6.07, 6.45) is 12.3. The number of rotatable bonds is 6. The van der Waals surface area contributed by atoms with Crippen LogP contribution in [-0.4, -0.2) is 9.97 Å². The Balaban J connectivity index is 2.00. The maximum absolute atomic E-state index is 4.19. The molecule has 0 bridgehead atoms. The van der Waals surface area contributed by atoms with Crippen LogP contribution < -0.4 is 0 Å². The van der Waals surface area contributed by atoms with Crippen LogP contribution in [0.4, 0.5) is 0 Å². The van der Waals surface area contributed by atoms with Crippen molar-refractivity contribution in [1.82, 2.24) is 9.97 Å². The Bertz CT molecular complexity index is 398. The first-order valence-electron chi connectivity index (χ1n) is 6.66. The number of nitrogens with zero attached hydrogens (tertiary/aromatic N) is 2. The van der Waals surface area contributed by atoms with Gasteiger partial charge in [-0.2, -0.15) is 0 Å². The van der Waals surface area contributed by atoms with Gasteiger partial charge in [-0.3, -0.25) is 9.97 Å². The largest absolute Gasteiger partial charge is 0.265 e. The minimum atomic E-state index is 0.696. The molecule has 0 fully saturated rings. The third kappa shape index (κ3) is 3.95. The maximum Gasteiger partial charge on any atom is 0.0299 e. The van der Waals surface area contributed by atoms with E-state index in [1.165, 1.54) is 24.0 Å². The third-order valence-corrected chi connectivity index (χ3v) is 3.22. The van der Waals surface area contributed by atoms with E-state index in [4.69, 9.17) is 0 Å². The van der Waals surface area contributed by atoms with E-state index >= 15 is 0 Å². The second-order valence-corrected chi connectivity index (χ2v) is 4.78. The Labute approximate surface area is 109 Å². The molecule has 0 amide bonds. The van der Waals surface area contributed by atoms with Gasteiger partial charge in [0.1, 0.15) is 0 Å². The average Bonchev–Trinajstić information content (AvgIpc) is 2.41. The summed E-state index contributed by atoms with van der Waals surface area (Å²) in [6, 6.07) is 8.42. The van der Waals surface area contributed by atoms with Gasteiger partial charge in [-0.05, 0) is 48.1 Å². The highest BCUT2D eigenvalue weighted by atomic mass is 14.6. The Hall–Kier alpha value is -1.70. The summed E-state index contributed by atoms with van der Waals surface area (Å²) in [5.41, 5.74) is 2.72. The van der Waals surface area contributed by atoms with E-state index in [0.717, 1.165) is 12.8 Å². The maximum atomic E-state index is 4.19. The van der Waals surface area contributed by atoms with Crippen molar-refractivity contribution in [3.8, 4) is 0 Å². The van der Waals surface area contributed by atoms with Crippen LogP contribution in [-0.2, 0) is 12.8 Å². The molecule has 0 saturated carbocycles. The zero-order valence-electron chi connectivity index (χ0n) is 10.9. The normalized spacial score (nSPS) is 12.3. The van der Waals surface area contributed by atoms with Crippen molar-refractivity contribution in [2.24, 2.45) is 5.92 Å². The highest BCUT2D eigenvalue weighted by molar-refractivity contribution is 5.13. The van der Waals surface area contributed by atoms with E-state index in [-0.39, 0.29) is 0 Å². The van der Waals surface area contributed by atoms with Gasteiger partial charge in [-0.15, -0.1) is 0 Å². The van der Waals surface area contributed by atoms with E-state index in [1.54, 1.807) is 0 Å². The van der Waals surface area contributed by atoms with Crippen LogP contribution in [0.25, 0.3) is 0 Å². The molecule has 0 saturated heterocycles. The second-order valence-electron chi connectivity index (χ2n) is 4.78. The molecule has 94 valence electrons. The first kappa shape index (κ1) is 12.7. The van der Waals surface area contributed by atoms with Crippen LogP contribution in [0.2, 0.25) is 0 Å². The molecule has 0 aromatic carbocycles. The molecule has 0 spiro atoms. The van der Waals surface area contributed by atoms with Gasteiger partial charge in [0, 0.05) is 24.8 Å². The van der Waals surface area contributed by atoms with E-state index in [0.29, 0.717) is 5.92 Å². The summed E-state index contributed by atoms with van der Waals surface area (Å²) in [5.74, 6) is 0.696. The van der Waals surface area contributed by atoms with Gasteiger partial charge < -0.3 is 0 Å². The topological polar surface area (TPSA) is 25.8 Å². The van der Waals surface area contributed by atoms with Crippen molar-refractivity contribution in [1.29, 1.82) is 0 Å². The van der Waals surface area contributed by atoms with Gasteiger partial charge >= 0.3 is 0 Å². The molecule has 2 aromatic heterocycles. The van der Waals surface area contributed by atoms with Crippen molar-refractivity contribution in [2.45, 2.75) is 32.6 Å². The summed E-state index contributed by atoms with van der Waals surface area (Å²) in [7, 11) is 0. The highest BCUT2D eigenvalue weighted by Gasteiger charge is 2.10. The highest BCUT2D eigenvalue weighted by Crippen LogP contribution is 2.18. The fourth-order valence-electron chi connectivity index (χ4n) is 2.39. The molecule has 0 aliphatic carbocycles. The lowest BCUT2D eigenvalue weighted by atomic mass is 9.90. The van der Waals surface area contributed by atoms with Crippen molar-refractivity contribution in [2.75, 3.05) is 0 Å². The Morgan fingerprint density at radius 3 is 2.39 bits per heavy atom. The van der Waals surface area contributed by atoms with Gasteiger partial charge in [0.05, 0.1) is 0 Å². The first-order chi connectivity index (χ1) is 8.88. The van der Waals surface area contributed by atoms with Gasteiger partial charge in [-0.1, -0.05) is 25.8 Å². The lowest BCUT2D eigenvalue weighted by molar-refractivity contribution is 0.473. The average molecular weight is 240 g/mol. The molecule has 2 heteroatoms. The molecule has 18 heavy (non-hydrogen) atoms. The van der Waals surface area contributed by atoms with E-state index in [2.05, 4.69) is 35.1 Å². The third-order valence-electron chi connectivity index (χ3n) is 3.22. The summed E-state index contributed by atoms with van der Waals surface area (Å²) >= 11 is 0. The van der Waals surface area contributed by atoms with Crippen molar-refractivity contribution in [3.05, 3.63) is 60.2 Å². The Morgan fingerprint density at radius 1 is 0.944 bits per heavy atom. The van der Waals surface area contributed by atoms with Gasteiger partial charge in [0.2, 0.25) is 0 Å². The lowest BCUT2D eigenvalue weighted by Crippen LogP contribution is -2.08. The lowest BCUT2D eigenvalue weighted by Gasteiger charge is -2.16. The SMILES string of the molecule is CCCC(Cc1ccncc1)Cc1cccnc1. The molecular weight excluding hydrogens is 220 g/mol. The van der Waals surface area contributed by atoms with Crippen molar-refractivity contribution < 1.29 is 0 Å². The summed E-state index contributed by atoms with van der Waals surface area (Å²) in [4.78, 5) is 8.27. The van der Waals surface area contributed by atoms with Crippen LogP contribution in [0.15, 0.2) is 49.1 Å². The number of hydrogen-bond donors (Lipinski definition) is 0. The van der Waals surface area contributed by atoms with E-state index in [9.17, 15) is 0 Å². The molecule has 0 aliphatic heterocycles. The van der Waals surface area contributed by atoms with Gasteiger partial charge in [0.25, 0.3) is 0 Å². The molecule has 2 nitrogen and oxygen atoms in total. The van der Waals surface area contributed by atoms with Crippen molar-refractivity contribution in [3.63, 3.8) is 0 Å². The summed E-state index contributed by atoms with van der Waals surface area (Å²) < 4.78 is 0. The molecule has 0 radical (unpaired) electrons. The quantitative estimate of drug-likeness (QED) is 0.769. The summed E-state index contributed by atoms with van der Waals surface area (Å²) in [5, 5.41) is 0. The standard InChI is InChI=1S/C16H20N2/c1-2-4-15(11-14-6-9-17-10-7-14)12-16-5-3-8-18-13-16/h3,5-10,13,15H,2,4,11-12H2,1H3. The minimum Gasteiger partial charge on any atom is -0.265 e. The molecule has 1 unspecified atom stereocenters. The second kappa shape index (κ2) is 6.90. The Kier molecular flexibility index (Phi) is 4.88. The van der Waals surface area contributed by atoms with Crippen LogP contribution in [0, 0.1) is 5.92 Å². The van der Waals surface area contributed by atoms with Crippen LogP contribution in [0.1, 0.15) is 30.9 Å². The minimum absolute atomic E-state index is 0.696. The molecule has 1 atom stereocenters. The Morgan fingerprint density at radius 2 is 1.72 bits per heavy atom. The van der Waals surface area contributed by atoms with Gasteiger partial charge in [-0.25, -0.2) is 0 Å². The van der Waals surface area contributed by atoms with Crippen LogP contribution in [0.3, 0.4) is 0 Å². The van der Waals surface area contributed by atoms with Gasteiger partial charge in [0.15, 0.2) is 0 Å². The predicted molar refractivity (Wildman–Crippen MR) is 74.3 cm³/mol. The first-order valence-corrected chi connectivity index (χ1v) is 6.66. The molecular formula is C16H20N2. The van der Waals surface area contributed by atoms with Crippen LogP contribution >= 0.6 is 0 Å². The summed E-state index contributed by atoms with van der Waals surface area (Å²) in [6.45, 7) is 2.25. The predicted octanol–water partition coefficient (Wildman–Crippen LogP) is 3.68. The number of pyridine rings is 2. The molecule has 0 N–H and O–H groups in total. The number of hydrogen-bond acceptors (Lipinski definition) is 2. The smallest absolute Gasteiger partial charge is 0.0299 e. The van der Waals surface area contributed by atoms with Crippen molar-refractivity contribution >= 4 is 0 Å². The monoisotopic (exact) mass is 240 g/mol. The molecule has 2 aromatic rings. The number of aromatic nitrogens is 2. The fourth-order valence-corrected chi connectivity index (χ4v) is 2.39. The zero-order chi connectivity index (χ0) is 12.6. The zero-order valence-corrected chi connectivity index (χ0v) is 10.9. The molecule has 2 heterocycles.